The molecule has 1 aromatic heterocycles. The lowest BCUT2D eigenvalue weighted by molar-refractivity contribution is 0.101. The van der Waals surface area contributed by atoms with Gasteiger partial charge in [-0.2, -0.15) is 0 Å². The van der Waals surface area contributed by atoms with E-state index in [-0.39, 0.29) is 15.5 Å². The molecule has 2 aromatic carbocycles. The van der Waals surface area contributed by atoms with Crippen molar-refractivity contribution in [2.24, 2.45) is 0 Å². The molecule has 7 nitrogen and oxygen atoms in total. The molecule has 3 rings (SSSR count). The molecule has 0 radical (unpaired) electrons. The summed E-state index contributed by atoms with van der Waals surface area (Å²) >= 11 is 6.04. The maximum atomic E-state index is 12.5. The lowest BCUT2D eigenvalue weighted by Gasteiger charge is -2.10. The Morgan fingerprint density at radius 2 is 1.96 bits per heavy atom. The standard InChI is InChI=1S/C15H13ClN4O3S/c1-17-24(22,23)10-6-7-12(16)11(8-10)15(21)19-20-9-18-13-4-2-3-5-14(13)20/h2-9,17H,1H3,(H,19,21). The van der Waals surface area contributed by atoms with Crippen molar-refractivity contribution in [1.82, 2.24) is 14.4 Å². The van der Waals surface area contributed by atoms with Crippen molar-refractivity contribution in [2.45, 2.75) is 4.90 Å². The van der Waals surface area contributed by atoms with E-state index in [1.54, 1.807) is 6.07 Å². The quantitative estimate of drug-likeness (QED) is 0.740. The average Bonchev–Trinajstić information content (AvgIpc) is 2.98. The Balaban J connectivity index is 1.97. The van der Waals surface area contributed by atoms with Crippen LogP contribution in [0.5, 0.6) is 0 Å². The molecule has 0 saturated heterocycles. The minimum absolute atomic E-state index is 0.0463. The highest BCUT2D eigenvalue weighted by atomic mass is 35.5. The number of nitrogens with one attached hydrogen (secondary N) is 2. The van der Waals surface area contributed by atoms with E-state index < -0.39 is 15.9 Å². The van der Waals surface area contributed by atoms with E-state index in [0.29, 0.717) is 5.52 Å². The number of imidazole rings is 1. The molecule has 3 aromatic rings. The lowest BCUT2D eigenvalue weighted by Crippen LogP contribution is -2.23. The topological polar surface area (TPSA) is 93.1 Å². The number of nitrogens with zero attached hydrogens (tertiary/aromatic N) is 2. The van der Waals surface area contributed by atoms with Crippen molar-refractivity contribution < 1.29 is 13.2 Å². The Kier molecular flexibility index (Phi) is 4.27. The van der Waals surface area contributed by atoms with Crippen molar-refractivity contribution in [3.05, 3.63) is 59.4 Å². The first-order chi connectivity index (χ1) is 11.4. The van der Waals surface area contributed by atoms with Crippen LogP contribution in [0, 0.1) is 0 Å². The number of hydrogen-bond acceptors (Lipinski definition) is 4. The third kappa shape index (κ3) is 2.99. The van der Waals surface area contributed by atoms with E-state index in [0.717, 1.165) is 5.52 Å². The average molecular weight is 365 g/mol. The second kappa shape index (κ2) is 6.23. The summed E-state index contributed by atoms with van der Waals surface area (Å²) in [5.41, 5.74) is 4.11. The number of carbonyl (C=O) groups is 1. The van der Waals surface area contributed by atoms with Crippen LogP contribution < -0.4 is 10.1 Å². The maximum absolute atomic E-state index is 12.5. The highest BCUT2D eigenvalue weighted by molar-refractivity contribution is 7.89. The minimum atomic E-state index is -3.68. The smallest absolute Gasteiger partial charge is 0.267 e. The van der Waals surface area contributed by atoms with Gasteiger partial charge in [0.15, 0.2) is 0 Å². The zero-order valence-electron chi connectivity index (χ0n) is 12.5. The number of benzene rings is 2. The van der Waals surface area contributed by atoms with Crippen molar-refractivity contribution >= 4 is 38.6 Å². The van der Waals surface area contributed by atoms with Gasteiger partial charge < -0.3 is 0 Å². The van der Waals surface area contributed by atoms with Crippen LogP contribution in [0.2, 0.25) is 5.02 Å². The molecule has 0 atom stereocenters. The Bertz CT molecular complexity index is 1030. The number of aromatic nitrogens is 2. The third-order valence-electron chi connectivity index (χ3n) is 3.44. The summed E-state index contributed by atoms with van der Waals surface area (Å²) in [5.74, 6) is -0.545. The normalized spacial score (nSPS) is 11.6. The summed E-state index contributed by atoms with van der Waals surface area (Å²) in [6.07, 6.45) is 1.46. The molecule has 0 aliphatic heterocycles. The van der Waals surface area contributed by atoms with E-state index >= 15 is 0 Å². The van der Waals surface area contributed by atoms with E-state index in [4.69, 9.17) is 11.6 Å². The monoisotopic (exact) mass is 364 g/mol. The zero-order chi connectivity index (χ0) is 17.3. The minimum Gasteiger partial charge on any atom is -0.267 e. The highest BCUT2D eigenvalue weighted by Crippen LogP contribution is 2.21. The SMILES string of the molecule is CNS(=O)(=O)c1ccc(Cl)c(C(=O)Nn2cnc3ccccc32)c1. The molecule has 2 N–H and O–H groups in total. The fourth-order valence-electron chi connectivity index (χ4n) is 2.18. The summed E-state index contributed by atoms with van der Waals surface area (Å²) in [7, 11) is -2.38. The Morgan fingerprint density at radius 3 is 2.71 bits per heavy atom. The second-order valence-corrected chi connectivity index (χ2v) is 7.19. The number of sulfonamides is 1. The zero-order valence-corrected chi connectivity index (χ0v) is 14.1. The largest absolute Gasteiger partial charge is 0.271 e. The molecule has 0 bridgehead atoms. The van der Waals surface area contributed by atoms with Gasteiger partial charge >= 0.3 is 0 Å². The van der Waals surface area contributed by atoms with E-state index in [9.17, 15) is 13.2 Å². The number of halogens is 1. The van der Waals surface area contributed by atoms with Crippen molar-refractivity contribution in [3.8, 4) is 0 Å². The summed E-state index contributed by atoms with van der Waals surface area (Å²) < 4.78 is 27.4. The number of fused-ring (bicyclic) bond motifs is 1. The highest BCUT2D eigenvalue weighted by Gasteiger charge is 2.18. The number of rotatable bonds is 4. The molecule has 1 amide bonds. The molecule has 0 unspecified atom stereocenters. The first kappa shape index (κ1) is 16.4. The molecule has 0 aliphatic rings. The molecule has 24 heavy (non-hydrogen) atoms. The van der Waals surface area contributed by atoms with Gasteiger partial charge in [-0.3, -0.25) is 10.2 Å². The molecule has 9 heteroatoms. The summed E-state index contributed by atoms with van der Waals surface area (Å²) in [4.78, 5) is 16.6. The molecule has 0 spiro atoms. The Morgan fingerprint density at radius 1 is 1.21 bits per heavy atom. The predicted octanol–water partition coefficient (Wildman–Crippen LogP) is 1.98. The van der Waals surface area contributed by atoms with Crippen LogP contribution in [0.25, 0.3) is 11.0 Å². The summed E-state index contributed by atoms with van der Waals surface area (Å²) in [6.45, 7) is 0. The fourth-order valence-corrected chi connectivity index (χ4v) is 3.14. The van der Waals surface area contributed by atoms with E-state index in [1.165, 1.54) is 36.3 Å². The Hall–Kier alpha value is -2.42. The van der Waals surface area contributed by atoms with Crippen molar-refractivity contribution in [2.75, 3.05) is 12.5 Å². The van der Waals surface area contributed by atoms with Gasteiger partial charge in [0.25, 0.3) is 5.91 Å². The van der Waals surface area contributed by atoms with Crippen LogP contribution in [0.1, 0.15) is 10.4 Å². The first-order valence-electron chi connectivity index (χ1n) is 6.89. The lowest BCUT2D eigenvalue weighted by atomic mass is 10.2. The maximum Gasteiger partial charge on any atom is 0.271 e. The van der Waals surface area contributed by atoms with Crippen LogP contribution in [-0.4, -0.2) is 31.0 Å². The van der Waals surface area contributed by atoms with Gasteiger partial charge in [-0.25, -0.2) is 22.8 Å². The second-order valence-electron chi connectivity index (χ2n) is 4.89. The van der Waals surface area contributed by atoms with E-state index in [1.807, 2.05) is 18.2 Å². The van der Waals surface area contributed by atoms with Crippen molar-refractivity contribution in [1.29, 1.82) is 0 Å². The fraction of sp³-hybridized carbons (Fsp3) is 0.0667. The molecule has 0 saturated carbocycles. The third-order valence-corrected chi connectivity index (χ3v) is 5.18. The molecular weight excluding hydrogens is 352 g/mol. The Labute approximate surface area is 143 Å². The van der Waals surface area contributed by atoms with Crippen LogP contribution in [-0.2, 0) is 10.0 Å². The summed E-state index contributed by atoms with van der Waals surface area (Å²) in [6, 6.07) is 11.2. The molecule has 0 aliphatic carbocycles. The number of amides is 1. The van der Waals surface area contributed by atoms with E-state index in [2.05, 4.69) is 15.1 Å². The molecule has 124 valence electrons. The number of hydrogen-bond donors (Lipinski definition) is 2. The van der Waals surface area contributed by atoms with Gasteiger partial charge in [0, 0.05) is 0 Å². The van der Waals surface area contributed by atoms with Crippen LogP contribution >= 0.6 is 11.6 Å². The molecular formula is C15H13ClN4O3S. The van der Waals surface area contributed by atoms with Gasteiger partial charge in [-0.15, -0.1) is 0 Å². The first-order valence-corrected chi connectivity index (χ1v) is 8.75. The van der Waals surface area contributed by atoms with Crippen LogP contribution in [0.3, 0.4) is 0 Å². The van der Waals surface area contributed by atoms with Gasteiger partial charge in [-0.05, 0) is 37.4 Å². The van der Waals surface area contributed by atoms with Gasteiger partial charge in [0.05, 0.1) is 26.5 Å². The van der Waals surface area contributed by atoms with Crippen LogP contribution in [0.15, 0.2) is 53.7 Å². The van der Waals surface area contributed by atoms with Crippen molar-refractivity contribution in [3.63, 3.8) is 0 Å². The van der Waals surface area contributed by atoms with Gasteiger partial charge in [0.1, 0.15) is 6.33 Å². The number of para-hydroxylation sites is 2. The number of carbonyl (C=O) groups excluding carboxylic acids is 1. The predicted molar refractivity (Wildman–Crippen MR) is 91.1 cm³/mol. The van der Waals surface area contributed by atoms with Crippen LogP contribution in [0.4, 0.5) is 0 Å². The van der Waals surface area contributed by atoms with Gasteiger partial charge in [0.2, 0.25) is 10.0 Å². The molecule has 0 fully saturated rings. The molecule has 1 heterocycles. The van der Waals surface area contributed by atoms with Gasteiger partial charge in [-0.1, -0.05) is 23.7 Å². The summed E-state index contributed by atoms with van der Waals surface area (Å²) in [5, 5.41) is 0.145.